The van der Waals surface area contributed by atoms with Crippen molar-refractivity contribution in [3.8, 4) is 0 Å². The number of hydrogen-bond acceptors (Lipinski definition) is 6. The Hall–Kier alpha value is -3.19. The molecule has 0 aliphatic carbocycles. The lowest BCUT2D eigenvalue weighted by Crippen LogP contribution is -2.38. The molecule has 1 unspecified atom stereocenters. The summed E-state index contributed by atoms with van der Waals surface area (Å²) in [5, 5.41) is 7.75. The van der Waals surface area contributed by atoms with Gasteiger partial charge in [-0.05, 0) is 68.9 Å². The van der Waals surface area contributed by atoms with E-state index in [1.54, 1.807) is 18.4 Å². The van der Waals surface area contributed by atoms with E-state index in [4.69, 9.17) is 19.6 Å². The number of benzene rings is 2. The van der Waals surface area contributed by atoms with Crippen LogP contribution >= 0.6 is 11.3 Å². The van der Waals surface area contributed by atoms with E-state index >= 15 is 0 Å². The minimum Gasteiger partial charge on any atom is -0.468 e. The topological polar surface area (TPSA) is 59.3 Å². The van der Waals surface area contributed by atoms with Crippen LogP contribution in [0.1, 0.15) is 69.8 Å². The third kappa shape index (κ3) is 5.03. The quantitative estimate of drug-likeness (QED) is 0.292. The van der Waals surface area contributed by atoms with E-state index in [1.165, 1.54) is 27.3 Å². The molecule has 0 bridgehead atoms. The van der Waals surface area contributed by atoms with Gasteiger partial charge in [0.15, 0.2) is 6.10 Å². The number of rotatable bonds is 4. The first-order chi connectivity index (χ1) is 17.4. The number of amidine groups is 1. The zero-order chi connectivity index (χ0) is 25.2. The van der Waals surface area contributed by atoms with Crippen molar-refractivity contribution in [3.05, 3.63) is 80.3 Å². The van der Waals surface area contributed by atoms with Crippen LogP contribution in [0.5, 0.6) is 0 Å². The van der Waals surface area contributed by atoms with E-state index in [0.29, 0.717) is 11.9 Å². The molecule has 2 aliphatic heterocycles. The van der Waals surface area contributed by atoms with Gasteiger partial charge in [-0.3, -0.25) is 0 Å². The van der Waals surface area contributed by atoms with Crippen molar-refractivity contribution in [1.82, 2.24) is 9.88 Å². The van der Waals surface area contributed by atoms with Crippen molar-refractivity contribution >= 4 is 28.8 Å². The van der Waals surface area contributed by atoms with Crippen LogP contribution in [0.25, 0.3) is 0 Å². The Balaban J connectivity index is 1.22. The molecule has 0 saturated carbocycles. The largest absolute Gasteiger partial charge is 0.468 e. The van der Waals surface area contributed by atoms with Gasteiger partial charge in [-0.1, -0.05) is 35.5 Å². The monoisotopic (exact) mass is 502 g/mol. The molecule has 3 aromatic rings. The fourth-order valence-electron chi connectivity index (χ4n) is 5.13. The van der Waals surface area contributed by atoms with Crippen LogP contribution in [0.2, 0.25) is 0 Å². The number of ether oxygens (including phenoxy) is 1. The van der Waals surface area contributed by atoms with Crippen molar-refractivity contribution < 1.29 is 9.57 Å². The zero-order valence-corrected chi connectivity index (χ0v) is 22.6. The molecule has 0 radical (unpaired) electrons. The van der Waals surface area contributed by atoms with Crippen molar-refractivity contribution in [3.63, 3.8) is 0 Å². The molecule has 7 heteroatoms. The van der Waals surface area contributed by atoms with Crippen molar-refractivity contribution in [1.29, 1.82) is 0 Å². The molecule has 1 aromatic heterocycles. The Morgan fingerprint density at radius 1 is 1.06 bits per heavy atom. The molecule has 0 amide bonds. The number of oxime groups is 1. The fraction of sp³-hybridized carbons (Fsp3) is 0.414. The highest BCUT2D eigenvalue weighted by molar-refractivity contribution is 7.10. The van der Waals surface area contributed by atoms with E-state index in [1.807, 2.05) is 0 Å². The van der Waals surface area contributed by atoms with E-state index in [0.717, 1.165) is 55.0 Å². The second-order valence-electron chi connectivity index (χ2n) is 9.86. The van der Waals surface area contributed by atoms with Gasteiger partial charge in [0.25, 0.3) is 6.02 Å². The minimum atomic E-state index is -0.0293. The number of methoxy groups -OCH3 is 1. The summed E-state index contributed by atoms with van der Waals surface area (Å²) in [6.07, 6.45) is 2.78. The Morgan fingerprint density at radius 3 is 2.53 bits per heavy atom. The van der Waals surface area contributed by atoms with E-state index in [9.17, 15) is 0 Å². The maximum absolute atomic E-state index is 5.86. The molecule has 5 rings (SSSR count). The maximum atomic E-state index is 5.86. The number of aromatic nitrogens is 1. The van der Waals surface area contributed by atoms with Crippen molar-refractivity contribution in [2.75, 3.05) is 20.2 Å². The van der Waals surface area contributed by atoms with E-state index in [2.05, 4.69) is 79.5 Å². The normalized spacial score (nSPS) is 18.8. The first-order valence-electron chi connectivity index (χ1n) is 12.6. The molecule has 1 fully saturated rings. The van der Waals surface area contributed by atoms with Gasteiger partial charge < -0.3 is 14.5 Å². The third-order valence-electron chi connectivity index (χ3n) is 7.23. The zero-order valence-electron chi connectivity index (χ0n) is 21.7. The molecular formula is C29H34N4O2S. The molecule has 0 spiro atoms. The second kappa shape index (κ2) is 10.4. The standard InChI is InChI=1S/C29H34N4O2S/c1-18-9-10-19(2)23(15-18)31-29(34-5)33-13-11-22(12-14-33)28-30-25(17-36-28)24-16-26(35-32-24)27-20(3)7-6-8-21(27)4/h6-10,15,17,22,26H,11-14,16H2,1-5H3/b31-29-. The van der Waals surface area contributed by atoms with E-state index < -0.39 is 0 Å². The molecule has 36 heavy (non-hydrogen) atoms. The van der Waals surface area contributed by atoms with Crippen LogP contribution in [0.4, 0.5) is 5.69 Å². The summed E-state index contributed by atoms with van der Waals surface area (Å²) < 4.78 is 5.70. The lowest BCUT2D eigenvalue weighted by atomic mass is 9.95. The molecule has 6 nitrogen and oxygen atoms in total. The Kier molecular flexibility index (Phi) is 7.10. The Bertz CT molecular complexity index is 1280. The van der Waals surface area contributed by atoms with Gasteiger partial charge in [-0.15, -0.1) is 11.3 Å². The third-order valence-corrected chi connectivity index (χ3v) is 8.24. The lowest BCUT2D eigenvalue weighted by Gasteiger charge is -2.32. The average molecular weight is 503 g/mol. The molecule has 2 aromatic carbocycles. The Labute approximate surface area is 217 Å². The van der Waals surface area contributed by atoms with Gasteiger partial charge in [0, 0.05) is 36.4 Å². The van der Waals surface area contributed by atoms with Crippen molar-refractivity contribution in [2.45, 2.75) is 59.0 Å². The van der Waals surface area contributed by atoms with Gasteiger partial charge in [-0.2, -0.15) is 4.99 Å². The van der Waals surface area contributed by atoms with Crippen LogP contribution in [0.15, 0.2) is 51.9 Å². The molecule has 188 valence electrons. The molecular weight excluding hydrogens is 468 g/mol. The number of nitrogens with zero attached hydrogens (tertiary/aromatic N) is 4. The molecule has 0 N–H and O–H groups in total. The van der Waals surface area contributed by atoms with Gasteiger partial charge in [0.2, 0.25) is 0 Å². The van der Waals surface area contributed by atoms with Crippen LogP contribution in [0.3, 0.4) is 0 Å². The summed E-state index contributed by atoms with van der Waals surface area (Å²) in [4.78, 5) is 17.9. The maximum Gasteiger partial charge on any atom is 0.292 e. The first-order valence-corrected chi connectivity index (χ1v) is 13.5. The number of aliphatic imine (C=N–C) groups is 1. The summed E-state index contributed by atoms with van der Waals surface area (Å²) >= 11 is 1.74. The summed E-state index contributed by atoms with van der Waals surface area (Å²) in [5.74, 6) is 0.441. The van der Waals surface area contributed by atoms with Crippen LogP contribution in [-0.4, -0.2) is 41.8 Å². The first kappa shape index (κ1) is 24.5. The summed E-state index contributed by atoms with van der Waals surface area (Å²) in [6, 6.07) is 13.4. The highest BCUT2D eigenvalue weighted by Gasteiger charge is 2.30. The second-order valence-corrected chi connectivity index (χ2v) is 10.8. The number of thiazole rings is 1. The summed E-state index contributed by atoms with van der Waals surface area (Å²) in [7, 11) is 1.71. The highest BCUT2D eigenvalue weighted by atomic mass is 32.1. The average Bonchev–Trinajstić information content (AvgIpc) is 3.55. The predicted octanol–water partition coefficient (Wildman–Crippen LogP) is 6.76. The summed E-state index contributed by atoms with van der Waals surface area (Å²) in [6.45, 7) is 10.2. The molecule has 2 aliphatic rings. The van der Waals surface area contributed by atoms with Crippen LogP contribution in [-0.2, 0) is 9.57 Å². The van der Waals surface area contributed by atoms with Crippen LogP contribution in [0, 0.1) is 27.7 Å². The van der Waals surface area contributed by atoms with Gasteiger partial charge in [0.1, 0.15) is 5.71 Å². The van der Waals surface area contributed by atoms with Gasteiger partial charge >= 0.3 is 0 Å². The number of likely N-dealkylation sites (tertiary alicyclic amines) is 1. The highest BCUT2D eigenvalue weighted by Crippen LogP contribution is 2.36. The molecule has 3 heterocycles. The predicted molar refractivity (Wildman–Crippen MR) is 147 cm³/mol. The van der Waals surface area contributed by atoms with E-state index in [-0.39, 0.29) is 6.10 Å². The van der Waals surface area contributed by atoms with Crippen molar-refractivity contribution in [2.24, 2.45) is 10.1 Å². The van der Waals surface area contributed by atoms with Gasteiger partial charge in [0.05, 0.1) is 23.5 Å². The lowest BCUT2D eigenvalue weighted by molar-refractivity contribution is 0.0848. The fourth-order valence-corrected chi connectivity index (χ4v) is 6.13. The SMILES string of the molecule is CO/C(=N\c1cc(C)ccc1C)N1CCC(c2nc(C3=NOC(c4c(C)cccc4C)C3)cs2)CC1. The minimum absolute atomic E-state index is 0.0293. The number of hydrogen-bond donors (Lipinski definition) is 0. The molecule has 1 atom stereocenters. The van der Waals surface area contributed by atoms with Crippen LogP contribution < -0.4 is 0 Å². The number of piperidine rings is 1. The Morgan fingerprint density at radius 2 is 1.81 bits per heavy atom. The summed E-state index contributed by atoms with van der Waals surface area (Å²) in [5.41, 5.74) is 8.97. The smallest absolute Gasteiger partial charge is 0.292 e. The number of aryl methyl sites for hydroxylation is 4. The van der Waals surface area contributed by atoms with Gasteiger partial charge in [-0.25, -0.2) is 4.98 Å². The molecule has 1 saturated heterocycles.